The number of hydrogen-bond donors (Lipinski definition) is 1. The lowest BCUT2D eigenvalue weighted by Crippen LogP contribution is -2.06. The zero-order chi connectivity index (χ0) is 12.1. The number of rotatable bonds is 4. The lowest BCUT2D eigenvalue weighted by molar-refractivity contribution is 0.627. The fourth-order valence-corrected chi connectivity index (χ4v) is 1.71. The summed E-state index contributed by atoms with van der Waals surface area (Å²) in [5.41, 5.74) is 3.10. The fourth-order valence-electron chi connectivity index (χ4n) is 1.71. The van der Waals surface area contributed by atoms with Crippen LogP contribution in [0.5, 0.6) is 0 Å². The van der Waals surface area contributed by atoms with Crippen LogP contribution in [-0.2, 0) is 6.42 Å². The molecule has 0 amide bonds. The van der Waals surface area contributed by atoms with Crippen molar-refractivity contribution in [2.24, 2.45) is 0 Å². The van der Waals surface area contributed by atoms with E-state index in [4.69, 9.17) is 0 Å². The molecule has 0 saturated carbocycles. The van der Waals surface area contributed by atoms with Crippen LogP contribution >= 0.6 is 0 Å². The summed E-state index contributed by atoms with van der Waals surface area (Å²) in [5.74, 6) is -0.194. The molecule has 2 aromatic rings. The van der Waals surface area contributed by atoms with Crippen LogP contribution in [0.2, 0.25) is 0 Å². The van der Waals surface area contributed by atoms with Crippen molar-refractivity contribution in [3.63, 3.8) is 0 Å². The van der Waals surface area contributed by atoms with Crippen LogP contribution in [-0.4, -0.2) is 11.5 Å². The standard InChI is InChI=1S/C14H15FN2/c1-11-9-13(15)4-5-14(11)17-8-6-12-3-2-7-16-10-12/h2-5,7,9-10,17H,6,8H2,1H3. The van der Waals surface area contributed by atoms with Gasteiger partial charge >= 0.3 is 0 Å². The first-order chi connectivity index (χ1) is 8.25. The predicted molar refractivity (Wildman–Crippen MR) is 67.6 cm³/mol. The Balaban J connectivity index is 1.90. The molecule has 1 heterocycles. The molecule has 0 radical (unpaired) electrons. The molecule has 0 saturated heterocycles. The Morgan fingerprint density at radius 1 is 1.29 bits per heavy atom. The molecule has 1 N–H and O–H groups in total. The largest absolute Gasteiger partial charge is 0.384 e. The van der Waals surface area contributed by atoms with Gasteiger partial charge < -0.3 is 5.32 Å². The van der Waals surface area contributed by atoms with Crippen LogP contribution < -0.4 is 5.32 Å². The molecule has 2 rings (SSSR count). The maximum Gasteiger partial charge on any atom is 0.123 e. The third kappa shape index (κ3) is 3.28. The maximum absolute atomic E-state index is 12.9. The summed E-state index contributed by atoms with van der Waals surface area (Å²) in [6.07, 6.45) is 4.53. The van der Waals surface area contributed by atoms with Crippen molar-refractivity contribution in [1.29, 1.82) is 0 Å². The van der Waals surface area contributed by atoms with Gasteiger partial charge in [0.15, 0.2) is 0 Å². The predicted octanol–water partition coefficient (Wildman–Crippen LogP) is 3.18. The number of anilines is 1. The highest BCUT2D eigenvalue weighted by Crippen LogP contribution is 2.15. The van der Waals surface area contributed by atoms with Gasteiger partial charge in [-0.1, -0.05) is 6.07 Å². The monoisotopic (exact) mass is 230 g/mol. The van der Waals surface area contributed by atoms with E-state index in [2.05, 4.69) is 10.3 Å². The Bertz CT molecular complexity index is 483. The molecule has 0 spiro atoms. The second-order valence-electron chi connectivity index (χ2n) is 4.00. The average Bonchev–Trinajstić information content (AvgIpc) is 2.33. The minimum atomic E-state index is -0.194. The zero-order valence-electron chi connectivity index (χ0n) is 9.78. The molecule has 1 aromatic carbocycles. The molecule has 0 fully saturated rings. The van der Waals surface area contributed by atoms with Crippen LogP contribution in [0.3, 0.4) is 0 Å². The number of nitrogens with zero attached hydrogens (tertiary/aromatic N) is 1. The lowest BCUT2D eigenvalue weighted by atomic mass is 10.1. The summed E-state index contributed by atoms with van der Waals surface area (Å²) >= 11 is 0. The van der Waals surface area contributed by atoms with Gasteiger partial charge in [0.25, 0.3) is 0 Å². The maximum atomic E-state index is 12.9. The molecule has 88 valence electrons. The second-order valence-corrected chi connectivity index (χ2v) is 4.00. The summed E-state index contributed by atoms with van der Waals surface area (Å²) in [7, 11) is 0. The van der Waals surface area contributed by atoms with Crippen molar-refractivity contribution in [3.05, 3.63) is 59.7 Å². The van der Waals surface area contributed by atoms with E-state index >= 15 is 0 Å². The van der Waals surface area contributed by atoms with Crippen LogP contribution in [0.15, 0.2) is 42.7 Å². The molecule has 0 atom stereocenters. The van der Waals surface area contributed by atoms with Gasteiger partial charge in [0, 0.05) is 24.6 Å². The van der Waals surface area contributed by atoms with Gasteiger partial charge in [-0.3, -0.25) is 4.98 Å². The highest BCUT2D eigenvalue weighted by atomic mass is 19.1. The van der Waals surface area contributed by atoms with Gasteiger partial charge in [0.2, 0.25) is 0 Å². The van der Waals surface area contributed by atoms with Crippen LogP contribution in [0.1, 0.15) is 11.1 Å². The summed E-state index contributed by atoms with van der Waals surface area (Å²) in [4.78, 5) is 4.06. The van der Waals surface area contributed by atoms with E-state index in [0.29, 0.717) is 0 Å². The van der Waals surface area contributed by atoms with E-state index < -0.39 is 0 Å². The molecule has 1 aromatic heterocycles. The highest BCUT2D eigenvalue weighted by Gasteiger charge is 1.99. The quantitative estimate of drug-likeness (QED) is 0.872. The van der Waals surface area contributed by atoms with E-state index in [1.54, 1.807) is 12.3 Å². The second kappa shape index (κ2) is 5.43. The lowest BCUT2D eigenvalue weighted by Gasteiger charge is -2.09. The molecular formula is C14H15FN2. The Labute approximate surface area is 101 Å². The van der Waals surface area contributed by atoms with Gasteiger partial charge in [-0.05, 0) is 48.7 Å². The molecule has 0 aliphatic rings. The third-order valence-electron chi connectivity index (χ3n) is 2.64. The van der Waals surface area contributed by atoms with E-state index in [1.165, 1.54) is 17.7 Å². The summed E-state index contributed by atoms with van der Waals surface area (Å²) in [6.45, 7) is 2.72. The number of pyridine rings is 1. The Morgan fingerprint density at radius 2 is 2.18 bits per heavy atom. The van der Waals surface area contributed by atoms with Gasteiger partial charge in [-0.25, -0.2) is 4.39 Å². The average molecular weight is 230 g/mol. The first-order valence-electron chi connectivity index (χ1n) is 5.64. The Hall–Kier alpha value is -1.90. The molecular weight excluding hydrogens is 215 g/mol. The molecule has 0 bridgehead atoms. The highest BCUT2D eigenvalue weighted by molar-refractivity contribution is 5.50. The minimum absolute atomic E-state index is 0.194. The van der Waals surface area contributed by atoms with Crippen LogP contribution in [0.25, 0.3) is 0 Å². The van der Waals surface area contributed by atoms with Gasteiger partial charge in [0.1, 0.15) is 5.82 Å². The number of halogens is 1. The number of hydrogen-bond acceptors (Lipinski definition) is 2. The number of aryl methyl sites for hydroxylation is 1. The Kier molecular flexibility index (Phi) is 3.70. The summed E-state index contributed by atoms with van der Waals surface area (Å²) in [6, 6.07) is 8.75. The van der Waals surface area contributed by atoms with Crippen molar-refractivity contribution in [2.75, 3.05) is 11.9 Å². The van der Waals surface area contributed by atoms with E-state index in [1.807, 2.05) is 25.3 Å². The zero-order valence-corrected chi connectivity index (χ0v) is 9.78. The van der Waals surface area contributed by atoms with Crippen LogP contribution in [0.4, 0.5) is 10.1 Å². The first kappa shape index (κ1) is 11.6. The van der Waals surface area contributed by atoms with Crippen molar-refractivity contribution < 1.29 is 4.39 Å². The van der Waals surface area contributed by atoms with Crippen LogP contribution in [0, 0.1) is 12.7 Å². The fraction of sp³-hybridized carbons (Fsp3) is 0.214. The smallest absolute Gasteiger partial charge is 0.123 e. The SMILES string of the molecule is Cc1cc(F)ccc1NCCc1cccnc1. The van der Waals surface area contributed by atoms with Crippen molar-refractivity contribution in [3.8, 4) is 0 Å². The molecule has 2 nitrogen and oxygen atoms in total. The van der Waals surface area contributed by atoms with E-state index in [0.717, 1.165) is 24.2 Å². The summed E-state index contributed by atoms with van der Waals surface area (Å²) in [5, 5.41) is 3.29. The summed E-state index contributed by atoms with van der Waals surface area (Å²) < 4.78 is 12.9. The van der Waals surface area contributed by atoms with Gasteiger partial charge in [0.05, 0.1) is 0 Å². The van der Waals surface area contributed by atoms with Gasteiger partial charge in [-0.2, -0.15) is 0 Å². The molecule has 0 unspecified atom stereocenters. The van der Waals surface area contributed by atoms with Crippen molar-refractivity contribution in [1.82, 2.24) is 4.98 Å². The number of nitrogens with one attached hydrogen (secondary N) is 1. The normalized spacial score (nSPS) is 10.2. The number of aromatic nitrogens is 1. The molecule has 17 heavy (non-hydrogen) atoms. The van der Waals surface area contributed by atoms with E-state index in [9.17, 15) is 4.39 Å². The topological polar surface area (TPSA) is 24.9 Å². The van der Waals surface area contributed by atoms with Gasteiger partial charge in [-0.15, -0.1) is 0 Å². The number of benzene rings is 1. The molecule has 3 heteroatoms. The van der Waals surface area contributed by atoms with Crippen molar-refractivity contribution in [2.45, 2.75) is 13.3 Å². The first-order valence-corrected chi connectivity index (χ1v) is 5.64. The minimum Gasteiger partial charge on any atom is -0.384 e. The molecule has 0 aliphatic carbocycles. The van der Waals surface area contributed by atoms with E-state index in [-0.39, 0.29) is 5.82 Å². The van der Waals surface area contributed by atoms with Crippen molar-refractivity contribution >= 4 is 5.69 Å². The Morgan fingerprint density at radius 3 is 2.88 bits per heavy atom. The third-order valence-corrected chi connectivity index (χ3v) is 2.64. The molecule has 0 aliphatic heterocycles.